The van der Waals surface area contributed by atoms with Gasteiger partial charge in [0, 0.05) is 12.6 Å². The molecule has 2 amide bonds. The van der Waals surface area contributed by atoms with Crippen LogP contribution in [0.5, 0.6) is 5.75 Å². The van der Waals surface area contributed by atoms with E-state index in [4.69, 9.17) is 4.74 Å². The van der Waals surface area contributed by atoms with Gasteiger partial charge in [0.1, 0.15) is 0 Å². The highest BCUT2D eigenvalue weighted by atomic mass is 19.4. The van der Waals surface area contributed by atoms with E-state index in [1.807, 2.05) is 0 Å². The Morgan fingerprint density at radius 1 is 1.07 bits per heavy atom. The van der Waals surface area contributed by atoms with Crippen LogP contribution in [0.2, 0.25) is 0 Å². The van der Waals surface area contributed by atoms with Crippen molar-refractivity contribution >= 4 is 23.2 Å². The van der Waals surface area contributed by atoms with E-state index in [1.165, 1.54) is 33.9 Å². The van der Waals surface area contributed by atoms with E-state index in [1.54, 1.807) is 12.1 Å². The van der Waals surface area contributed by atoms with Gasteiger partial charge < -0.3 is 15.4 Å². The highest BCUT2D eigenvalue weighted by Crippen LogP contribution is 2.38. The van der Waals surface area contributed by atoms with Crippen molar-refractivity contribution in [2.24, 2.45) is 0 Å². The molecule has 2 aromatic carbocycles. The third kappa shape index (κ3) is 5.04. The number of rotatable bonds is 5. The number of para-hydroxylation sites is 1. The van der Waals surface area contributed by atoms with Crippen LogP contribution in [0, 0.1) is 13.8 Å². The summed E-state index contributed by atoms with van der Waals surface area (Å²) < 4.78 is 56.8. The second-order valence-corrected chi connectivity index (χ2v) is 6.46. The van der Waals surface area contributed by atoms with Crippen LogP contribution in [-0.4, -0.2) is 25.1 Å². The lowest BCUT2D eigenvalue weighted by Gasteiger charge is -2.18. The molecule has 0 saturated heterocycles. The van der Waals surface area contributed by atoms with Crippen molar-refractivity contribution in [3.05, 3.63) is 52.6 Å². The van der Waals surface area contributed by atoms with Crippen LogP contribution in [0.3, 0.4) is 0 Å². The van der Waals surface area contributed by atoms with E-state index in [0.717, 1.165) is 12.1 Å². The first-order chi connectivity index (χ1) is 13.5. The number of carbonyl (C=O) groups is 2. The minimum absolute atomic E-state index is 0.111. The average molecular weight is 412 g/mol. The van der Waals surface area contributed by atoms with Gasteiger partial charge in [-0.15, -0.1) is 0 Å². The van der Waals surface area contributed by atoms with Crippen LogP contribution in [0.1, 0.15) is 40.1 Å². The molecule has 1 unspecified atom stereocenters. The van der Waals surface area contributed by atoms with Gasteiger partial charge in [-0.2, -0.15) is 13.2 Å². The van der Waals surface area contributed by atoms with Crippen molar-refractivity contribution in [1.29, 1.82) is 0 Å². The number of halogens is 4. The largest absolute Gasteiger partial charge is 0.494 e. The van der Waals surface area contributed by atoms with E-state index in [9.17, 15) is 27.2 Å². The quantitative estimate of drug-likeness (QED) is 0.672. The van der Waals surface area contributed by atoms with Gasteiger partial charge in [0.25, 0.3) is 5.91 Å². The average Bonchev–Trinajstić information content (AvgIpc) is 2.62. The summed E-state index contributed by atoms with van der Waals surface area (Å²) in [6, 6.07) is 6.67. The molecule has 0 spiro atoms. The lowest BCUT2D eigenvalue weighted by molar-refractivity contribution is -0.182. The number of alkyl halides is 4. The summed E-state index contributed by atoms with van der Waals surface area (Å²) in [7, 11) is 1.33. The molecule has 2 aromatic rings. The maximum Gasteiger partial charge on any atom is 0.423 e. The lowest BCUT2D eigenvalue weighted by Crippen LogP contribution is -2.18. The number of aryl methyl sites for hydroxylation is 2. The molecule has 0 aromatic heterocycles. The number of nitrogens with one attached hydrogen (secondary N) is 2. The molecule has 156 valence electrons. The summed E-state index contributed by atoms with van der Waals surface area (Å²) in [5.74, 6) is -0.817. The standard InChI is InChI=1S/C20H20F4N2O3/c1-10-8-13(18(21)20(22,23)24)9-11(2)16(10)26-19(28)14-6-5-7-15(17(14)29-4)25-12(3)27/h5-9,18H,1-4H3,(H,25,27)(H,26,28). The number of hydrogen-bond donors (Lipinski definition) is 2. The Kier molecular flexibility index (Phi) is 6.51. The van der Waals surface area contributed by atoms with Crippen LogP contribution in [0.25, 0.3) is 0 Å². The number of ether oxygens (including phenoxy) is 1. The van der Waals surface area contributed by atoms with Gasteiger partial charge in [-0.25, -0.2) is 4.39 Å². The summed E-state index contributed by atoms with van der Waals surface area (Å²) >= 11 is 0. The number of anilines is 2. The molecule has 0 radical (unpaired) electrons. The Labute approximate surface area is 165 Å². The fourth-order valence-corrected chi connectivity index (χ4v) is 2.93. The van der Waals surface area contributed by atoms with Crippen LogP contribution >= 0.6 is 0 Å². The van der Waals surface area contributed by atoms with E-state index in [-0.39, 0.29) is 34.0 Å². The second kappa shape index (κ2) is 8.50. The van der Waals surface area contributed by atoms with E-state index in [2.05, 4.69) is 10.6 Å². The van der Waals surface area contributed by atoms with Crippen LogP contribution in [-0.2, 0) is 4.79 Å². The maximum atomic E-state index is 13.6. The molecule has 0 heterocycles. The Morgan fingerprint density at radius 2 is 1.66 bits per heavy atom. The van der Waals surface area contributed by atoms with Crippen molar-refractivity contribution in [2.75, 3.05) is 17.7 Å². The van der Waals surface area contributed by atoms with Gasteiger partial charge in [0.15, 0.2) is 5.75 Å². The maximum absolute atomic E-state index is 13.6. The molecule has 5 nitrogen and oxygen atoms in total. The lowest BCUT2D eigenvalue weighted by atomic mass is 10.0. The number of hydrogen-bond acceptors (Lipinski definition) is 3. The Balaban J connectivity index is 2.38. The normalized spacial score (nSPS) is 12.3. The first kappa shape index (κ1) is 22.2. The molecule has 2 rings (SSSR count). The third-order valence-electron chi connectivity index (χ3n) is 4.15. The predicted octanol–water partition coefficient (Wildman–Crippen LogP) is 5.10. The summed E-state index contributed by atoms with van der Waals surface area (Å²) in [5.41, 5.74) is 0.687. The van der Waals surface area contributed by atoms with Crippen molar-refractivity contribution in [2.45, 2.75) is 33.1 Å². The van der Waals surface area contributed by atoms with Crippen molar-refractivity contribution < 1.29 is 31.9 Å². The first-order valence-electron chi connectivity index (χ1n) is 8.53. The zero-order valence-electron chi connectivity index (χ0n) is 16.2. The van der Waals surface area contributed by atoms with Gasteiger partial charge in [-0.3, -0.25) is 9.59 Å². The highest BCUT2D eigenvalue weighted by Gasteiger charge is 2.41. The molecule has 1 atom stereocenters. The molecule has 0 aliphatic rings. The van der Waals surface area contributed by atoms with Gasteiger partial charge in [-0.05, 0) is 42.7 Å². The smallest absolute Gasteiger partial charge is 0.423 e. The van der Waals surface area contributed by atoms with E-state index < -0.39 is 23.8 Å². The van der Waals surface area contributed by atoms with Crippen molar-refractivity contribution in [1.82, 2.24) is 0 Å². The second-order valence-electron chi connectivity index (χ2n) is 6.46. The molecule has 0 fully saturated rings. The van der Waals surface area contributed by atoms with Gasteiger partial charge in [0.05, 0.1) is 18.4 Å². The fraction of sp³-hybridized carbons (Fsp3) is 0.300. The van der Waals surface area contributed by atoms with Gasteiger partial charge in [0.2, 0.25) is 12.1 Å². The SMILES string of the molecule is COc1c(NC(C)=O)cccc1C(=O)Nc1c(C)cc(C(F)C(F)(F)F)cc1C. The van der Waals surface area contributed by atoms with Crippen LogP contribution < -0.4 is 15.4 Å². The first-order valence-corrected chi connectivity index (χ1v) is 8.53. The number of amides is 2. The fourth-order valence-electron chi connectivity index (χ4n) is 2.93. The Morgan fingerprint density at radius 3 is 2.14 bits per heavy atom. The number of methoxy groups -OCH3 is 1. The Hall–Kier alpha value is -3.10. The third-order valence-corrected chi connectivity index (χ3v) is 4.15. The monoisotopic (exact) mass is 412 g/mol. The molecule has 9 heteroatoms. The zero-order valence-corrected chi connectivity index (χ0v) is 16.2. The zero-order chi connectivity index (χ0) is 21.9. The molecule has 0 aliphatic carbocycles. The number of benzene rings is 2. The Bertz CT molecular complexity index is 919. The summed E-state index contributed by atoms with van der Waals surface area (Å²) in [4.78, 5) is 24.1. The summed E-state index contributed by atoms with van der Waals surface area (Å²) in [6.07, 6.45) is -8.12. The van der Waals surface area contributed by atoms with Crippen molar-refractivity contribution in [3.8, 4) is 5.75 Å². The molecule has 0 aliphatic heterocycles. The molecule has 0 bridgehead atoms. The molecular formula is C20H20F4N2O3. The number of carbonyl (C=O) groups excluding carboxylic acids is 2. The van der Waals surface area contributed by atoms with Crippen LogP contribution in [0.4, 0.5) is 28.9 Å². The topological polar surface area (TPSA) is 67.4 Å². The van der Waals surface area contributed by atoms with Gasteiger partial charge in [-0.1, -0.05) is 18.2 Å². The van der Waals surface area contributed by atoms with Crippen LogP contribution in [0.15, 0.2) is 30.3 Å². The molecular weight excluding hydrogens is 392 g/mol. The van der Waals surface area contributed by atoms with Crippen molar-refractivity contribution in [3.63, 3.8) is 0 Å². The minimum atomic E-state index is -5.01. The molecule has 2 N–H and O–H groups in total. The van der Waals surface area contributed by atoms with E-state index in [0.29, 0.717) is 5.69 Å². The minimum Gasteiger partial charge on any atom is -0.494 e. The molecule has 29 heavy (non-hydrogen) atoms. The highest BCUT2D eigenvalue weighted by molar-refractivity contribution is 6.08. The van der Waals surface area contributed by atoms with Gasteiger partial charge >= 0.3 is 6.18 Å². The molecule has 0 saturated carbocycles. The predicted molar refractivity (Wildman–Crippen MR) is 101 cm³/mol. The summed E-state index contributed by atoms with van der Waals surface area (Å²) in [5, 5.41) is 5.17. The summed E-state index contributed by atoms with van der Waals surface area (Å²) in [6.45, 7) is 4.25. The van der Waals surface area contributed by atoms with E-state index >= 15 is 0 Å².